The summed E-state index contributed by atoms with van der Waals surface area (Å²) in [5.41, 5.74) is -0.383. The molecule has 4 nitrogen and oxygen atoms in total. The molecule has 6 heteroatoms. The molecule has 2 fully saturated rings. The first-order valence-electron chi connectivity index (χ1n) is 7.84. The van der Waals surface area contributed by atoms with Crippen molar-refractivity contribution in [3.05, 3.63) is 28.8 Å². The molecule has 1 aliphatic heterocycles. The predicted octanol–water partition coefficient (Wildman–Crippen LogP) is 2.98. The van der Waals surface area contributed by atoms with E-state index in [0.717, 1.165) is 0 Å². The van der Waals surface area contributed by atoms with Crippen molar-refractivity contribution in [2.75, 3.05) is 18.0 Å². The molecular formula is C17H19F2NO3. The number of nitrogens with zero attached hydrogens (tertiary/aromatic N) is 1. The van der Waals surface area contributed by atoms with Crippen LogP contribution in [0.2, 0.25) is 0 Å². The Bertz CT molecular complexity index is 648. The first kappa shape index (κ1) is 16.1. The summed E-state index contributed by atoms with van der Waals surface area (Å²) in [4.78, 5) is 25.1. The number of rotatable bonds is 4. The molecule has 1 saturated carbocycles. The van der Waals surface area contributed by atoms with Gasteiger partial charge in [-0.3, -0.25) is 9.59 Å². The first-order valence-corrected chi connectivity index (χ1v) is 7.84. The lowest BCUT2D eigenvalue weighted by Gasteiger charge is -2.37. The van der Waals surface area contributed by atoms with Gasteiger partial charge in [0.15, 0.2) is 23.7 Å². The second-order valence-electron chi connectivity index (χ2n) is 6.41. The smallest absolute Gasteiger partial charge is 0.183 e. The van der Waals surface area contributed by atoms with Crippen molar-refractivity contribution >= 4 is 17.8 Å². The number of morpholine rings is 1. The lowest BCUT2D eigenvalue weighted by molar-refractivity contribution is -0.00547. The van der Waals surface area contributed by atoms with Crippen LogP contribution in [-0.4, -0.2) is 37.4 Å². The van der Waals surface area contributed by atoms with Crippen LogP contribution in [0.1, 0.15) is 47.4 Å². The van der Waals surface area contributed by atoms with Crippen molar-refractivity contribution in [1.82, 2.24) is 0 Å². The zero-order valence-corrected chi connectivity index (χ0v) is 13.1. The fraction of sp³-hybridized carbons (Fsp3) is 0.529. The van der Waals surface area contributed by atoms with E-state index in [0.29, 0.717) is 32.2 Å². The summed E-state index contributed by atoms with van der Waals surface area (Å²) in [6.07, 6.45) is 1.54. The van der Waals surface area contributed by atoms with Gasteiger partial charge < -0.3 is 9.64 Å². The standard InChI is InChI=1S/C17H19F2NO3/c1-9-6-20(7-10(2)23-9)16-12(8-21)5-13(14(18)15(16)19)17(22)11-3-4-11/h5,8-11H,3-4,6-7H2,1-2H3/t9-,10+. The monoisotopic (exact) mass is 323 g/mol. The molecule has 3 rings (SSSR count). The van der Waals surface area contributed by atoms with E-state index in [1.165, 1.54) is 6.07 Å². The summed E-state index contributed by atoms with van der Waals surface area (Å²) in [6, 6.07) is 1.19. The number of ketones is 1. The highest BCUT2D eigenvalue weighted by atomic mass is 19.2. The van der Waals surface area contributed by atoms with Crippen molar-refractivity contribution in [3.63, 3.8) is 0 Å². The molecule has 124 valence electrons. The van der Waals surface area contributed by atoms with E-state index in [-0.39, 0.29) is 34.9 Å². The Labute approximate surface area is 133 Å². The Morgan fingerprint density at radius 3 is 2.35 bits per heavy atom. The summed E-state index contributed by atoms with van der Waals surface area (Å²) in [6.45, 7) is 4.39. The van der Waals surface area contributed by atoms with Gasteiger partial charge in [-0.25, -0.2) is 8.78 Å². The molecule has 2 aliphatic rings. The third-order valence-corrected chi connectivity index (χ3v) is 4.29. The van der Waals surface area contributed by atoms with Gasteiger partial charge in [0.1, 0.15) is 0 Å². The SMILES string of the molecule is C[C@@H]1CN(c2c(C=O)cc(C(=O)C3CC3)c(F)c2F)C[C@H](C)O1. The summed E-state index contributed by atoms with van der Waals surface area (Å²) in [5.74, 6) is -2.94. The highest BCUT2D eigenvalue weighted by Crippen LogP contribution is 2.36. The fourth-order valence-electron chi connectivity index (χ4n) is 3.15. The lowest BCUT2D eigenvalue weighted by atomic mass is 10.0. The Balaban J connectivity index is 2.04. The molecular weight excluding hydrogens is 304 g/mol. The average Bonchev–Trinajstić information content (AvgIpc) is 3.32. The van der Waals surface area contributed by atoms with Gasteiger partial charge in [-0.2, -0.15) is 0 Å². The minimum absolute atomic E-state index is 0.00852. The number of ether oxygens (including phenoxy) is 1. The second-order valence-corrected chi connectivity index (χ2v) is 6.41. The number of anilines is 1. The van der Waals surface area contributed by atoms with E-state index < -0.39 is 17.4 Å². The second kappa shape index (κ2) is 6.00. The Hall–Kier alpha value is -1.82. The van der Waals surface area contributed by atoms with Gasteiger partial charge in [-0.1, -0.05) is 0 Å². The van der Waals surface area contributed by atoms with Crippen LogP contribution < -0.4 is 4.90 Å². The molecule has 1 aromatic carbocycles. The van der Waals surface area contributed by atoms with Crippen molar-refractivity contribution in [2.24, 2.45) is 5.92 Å². The third-order valence-electron chi connectivity index (χ3n) is 4.29. The molecule has 0 unspecified atom stereocenters. The highest BCUT2D eigenvalue weighted by molar-refractivity contribution is 6.02. The maximum atomic E-state index is 14.6. The van der Waals surface area contributed by atoms with Gasteiger partial charge in [-0.05, 0) is 32.8 Å². The van der Waals surface area contributed by atoms with Gasteiger partial charge in [0.05, 0.1) is 23.5 Å². The number of carbonyl (C=O) groups is 2. The summed E-state index contributed by atoms with van der Waals surface area (Å²) in [7, 11) is 0. The number of aldehydes is 1. The van der Waals surface area contributed by atoms with E-state index >= 15 is 0 Å². The number of hydrogen-bond donors (Lipinski definition) is 0. The minimum atomic E-state index is -1.16. The van der Waals surface area contributed by atoms with Gasteiger partial charge in [-0.15, -0.1) is 0 Å². The van der Waals surface area contributed by atoms with Crippen LogP contribution in [0.25, 0.3) is 0 Å². The predicted molar refractivity (Wildman–Crippen MR) is 81.0 cm³/mol. The van der Waals surface area contributed by atoms with E-state index in [1.807, 2.05) is 13.8 Å². The normalized spacial score (nSPS) is 24.6. The Morgan fingerprint density at radius 2 is 1.83 bits per heavy atom. The van der Waals surface area contributed by atoms with E-state index in [1.54, 1.807) is 4.90 Å². The summed E-state index contributed by atoms with van der Waals surface area (Å²) < 4.78 is 34.6. The van der Waals surface area contributed by atoms with Crippen molar-refractivity contribution in [3.8, 4) is 0 Å². The van der Waals surface area contributed by atoms with Crippen LogP contribution in [-0.2, 0) is 4.74 Å². The van der Waals surface area contributed by atoms with Crippen molar-refractivity contribution in [1.29, 1.82) is 0 Å². The Morgan fingerprint density at radius 1 is 1.22 bits per heavy atom. The van der Waals surface area contributed by atoms with Crippen molar-refractivity contribution in [2.45, 2.75) is 38.9 Å². The number of carbonyl (C=O) groups excluding carboxylic acids is 2. The number of hydrogen-bond acceptors (Lipinski definition) is 4. The maximum absolute atomic E-state index is 14.6. The third kappa shape index (κ3) is 3.00. The molecule has 0 spiro atoms. The zero-order valence-electron chi connectivity index (χ0n) is 13.1. The number of benzene rings is 1. The quantitative estimate of drug-likeness (QED) is 0.631. The number of halogens is 2. The van der Waals surface area contributed by atoms with Gasteiger partial charge in [0, 0.05) is 24.6 Å². The minimum Gasteiger partial charge on any atom is -0.372 e. The van der Waals surface area contributed by atoms with E-state index in [2.05, 4.69) is 0 Å². The van der Waals surface area contributed by atoms with Crippen LogP contribution in [0, 0.1) is 17.6 Å². The van der Waals surface area contributed by atoms with Gasteiger partial charge in [0.25, 0.3) is 0 Å². The largest absolute Gasteiger partial charge is 0.372 e. The molecule has 1 aromatic rings. The van der Waals surface area contributed by atoms with Crippen LogP contribution in [0.5, 0.6) is 0 Å². The van der Waals surface area contributed by atoms with Gasteiger partial charge >= 0.3 is 0 Å². The molecule has 0 bridgehead atoms. The molecule has 23 heavy (non-hydrogen) atoms. The van der Waals surface area contributed by atoms with Crippen LogP contribution in [0.15, 0.2) is 6.07 Å². The first-order chi connectivity index (χ1) is 10.9. The Kier molecular flexibility index (Phi) is 4.19. The van der Waals surface area contributed by atoms with E-state index in [4.69, 9.17) is 4.74 Å². The zero-order chi connectivity index (χ0) is 16.7. The average molecular weight is 323 g/mol. The molecule has 0 aromatic heterocycles. The summed E-state index contributed by atoms with van der Waals surface area (Å²) >= 11 is 0. The molecule has 0 N–H and O–H groups in total. The van der Waals surface area contributed by atoms with E-state index in [9.17, 15) is 18.4 Å². The van der Waals surface area contributed by atoms with Crippen LogP contribution in [0.4, 0.5) is 14.5 Å². The number of Topliss-reactive ketones (excluding diaryl/α,β-unsaturated/α-hetero) is 1. The molecule has 1 aliphatic carbocycles. The molecule has 1 heterocycles. The fourth-order valence-corrected chi connectivity index (χ4v) is 3.15. The van der Waals surface area contributed by atoms with Crippen LogP contribution >= 0.6 is 0 Å². The summed E-state index contributed by atoms with van der Waals surface area (Å²) in [5, 5.41) is 0. The van der Waals surface area contributed by atoms with Gasteiger partial charge in [0.2, 0.25) is 0 Å². The highest BCUT2D eigenvalue weighted by Gasteiger charge is 2.35. The molecule has 0 amide bonds. The lowest BCUT2D eigenvalue weighted by Crippen LogP contribution is -2.46. The van der Waals surface area contributed by atoms with Crippen LogP contribution in [0.3, 0.4) is 0 Å². The molecule has 0 radical (unpaired) electrons. The topological polar surface area (TPSA) is 46.6 Å². The maximum Gasteiger partial charge on any atom is 0.183 e. The van der Waals surface area contributed by atoms with Crippen molar-refractivity contribution < 1.29 is 23.1 Å². The molecule has 2 atom stereocenters. The molecule has 1 saturated heterocycles.